The number of nitrogens with zero attached hydrogens (tertiary/aromatic N) is 5. The molecule has 8 nitrogen and oxygen atoms in total. The van der Waals surface area contributed by atoms with E-state index in [2.05, 4.69) is 15.2 Å². The number of rotatable bonds is 5. The second kappa shape index (κ2) is 8.18. The first-order valence-electron chi connectivity index (χ1n) is 10.7. The smallest absolute Gasteiger partial charge is 0.338 e. The highest BCUT2D eigenvalue weighted by molar-refractivity contribution is 6.10. The molecular weight excluding hydrogens is 437 g/mol. The van der Waals surface area contributed by atoms with Crippen molar-refractivity contribution in [3.05, 3.63) is 83.4 Å². The highest BCUT2D eigenvalue weighted by atomic mass is 19.1. The molecule has 0 radical (unpaired) electrons. The van der Waals surface area contributed by atoms with Crippen molar-refractivity contribution in [2.24, 2.45) is 0 Å². The lowest BCUT2D eigenvalue weighted by atomic mass is 9.99. The molecule has 2 aromatic carbocycles. The van der Waals surface area contributed by atoms with Crippen molar-refractivity contribution in [3.8, 4) is 22.6 Å². The predicted molar refractivity (Wildman–Crippen MR) is 123 cm³/mol. The highest BCUT2D eigenvalue weighted by Gasteiger charge is 2.30. The number of hydrogen-bond donors (Lipinski definition) is 1. The van der Waals surface area contributed by atoms with Crippen LogP contribution >= 0.6 is 0 Å². The maximum Gasteiger partial charge on any atom is 0.338 e. The third-order valence-electron chi connectivity index (χ3n) is 5.81. The lowest BCUT2D eigenvalue weighted by Crippen LogP contribution is -2.24. The van der Waals surface area contributed by atoms with Gasteiger partial charge in [-0.25, -0.2) is 14.2 Å². The minimum absolute atomic E-state index is 0.152. The molecule has 1 aliphatic heterocycles. The molecule has 9 heteroatoms. The monoisotopic (exact) mass is 457 g/mol. The zero-order chi connectivity index (χ0) is 24.0. The molecule has 0 fully saturated rings. The number of hydrogen-bond acceptors (Lipinski definition) is 5. The van der Waals surface area contributed by atoms with E-state index >= 15 is 0 Å². The summed E-state index contributed by atoms with van der Waals surface area (Å²) in [4.78, 5) is 30.8. The Morgan fingerprint density at radius 1 is 1.09 bits per heavy atom. The van der Waals surface area contributed by atoms with E-state index in [1.165, 1.54) is 12.1 Å². The SMILES string of the molecule is CC(C)n1cnnc1-c1cccc(N2Cc3ccc(-c4ccc(F)c(C(=O)O)c4)cc3C2=O)n1. The average molecular weight is 457 g/mol. The number of carbonyl (C=O) groups is 2. The van der Waals surface area contributed by atoms with E-state index in [1.54, 1.807) is 29.4 Å². The summed E-state index contributed by atoms with van der Waals surface area (Å²) in [5.74, 6) is -1.25. The van der Waals surface area contributed by atoms with E-state index in [1.807, 2.05) is 36.6 Å². The van der Waals surface area contributed by atoms with Gasteiger partial charge in [0.15, 0.2) is 5.82 Å². The van der Waals surface area contributed by atoms with Crippen LogP contribution in [0.2, 0.25) is 0 Å². The van der Waals surface area contributed by atoms with Crippen molar-refractivity contribution < 1.29 is 19.1 Å². The molecule has 1 amide bonds. The fourth-order valence-corrected chi connectivity index (χ4v) is 4.04. The van der Waals surface area contributed by atoms with Gasteiger partial charge in [-0.2, -0.15) is 0 Å². The van der Waals surface area contributed by atoms with Crippen LogP contribution in [0.15, 0.2) is 60.9 Å². The summed E-state index contributed by atoms with van der Waals surface area (Å²) >= 11 is 0. The molecule has 5 rings (SSSR count). The van der Waals surface area contributed by atoms with Crippen molar-refractivity contribution in [1.82, 2.24) is 19.7 Å². The van der Waals surface area contributed by atoms with E-state index in [9.17, 15) is 19.1 Å². The first-order valence-corrected chi connectivity index (χ1v) is 10.7. The molecule has 34 heavy (non-hydrogen) atoms. The van der Waals surface area contributed by atoms with E-state index < -0.39 is 17.3 Å². The Hall–Kier alpha value is -4.40. The minimum atomic E-state index is -1.35. The summed E-state index contributed by atoms with van der Waals surface area (Å²) in [6, 6.07) is 14.8. The van der Waals surface area contributed by atoms with Gasteiger partial charge < -0.3 is 9.67 Å². The van der Waals surface area contributed by atoms with Crippen molar-refractivity contribution in [2.45, 2.75) is 26.4 Å². The molecule has 0 unspecified atom stereocenters. The third kappa shape index (κ3) is 3.61. The van der Waals surface area contributed by atoms with Gasteiger partial charge in [0.25, 0.3) is 5.91 Å². The Labute approximate surface area is 194 Å². The van der Waals surface area contributed by atoms with E-state index in [0.717, 1.165) is 11.6 Å². The highest BCUT2D eigenvalue weighted by Crippen LogP contribution is 2.32. The van der Waals surface area contributed by atoms with Gasteiger partial charge in [-0.15, -0.1) is 10.2 Å². The lowest BCUT2D eigenvalue weighted by molar-refractivity contribution is 0.0691. The van der Waals surface area contributed by atoms with Crippen LogP contribution < -0.4 is 4.90 Å². The number of carboxylic acids is 1. The van der Waals surface area contributed by atoms with Gasteiger partial charge in [0.2, 0.25) is 0 Å². The fourth-order valence-electron chi connectivity index (χ4n) is 4.04. The van der Waals surface area contributed by atoms with Crippen LogP contribution in [0.25, 0.3) is 22.6 Å². The number of carbonyl (C=O) groups excluding carboxylic acids is 1. The van der Waals surface area contributed by atoms with E-state index in [0.29, 0.717) is 40.6 Å². The van der Waals surface area contributed by atoms with Crippen LogP contribution in [0.5, 0.6) is 0 Å². The molecule has 0 saturated heterocycles. The molecule has 0 spiro atoms. The van der Waals surface area contributed by atoms with E-state index in [4.69, 9.17) is 0 Å². The molecule has 2 aromatic heterocycles. The van der Waals surface area contributed by atoms with Gasteiger partial charge in [-0.3, -0.25) is 9.69 Å². The largest absolute Gasteiger partial charge is 0.478 e. The lowest BCUT2D eigenvalue weighted by Gasteiger charge is -2.16. The summed E-state index contributed by atoms with van der Waals surface area (Å²) in [6.45, 7) is 4.40. The molecule has 1 aliphatic rings. The molecule has 170 valence electrons. The maximum atomic E-state index is 13.8. The zero-order valence-corrected chi connectivity index (χ0v) is 18.4. The average Bonchev–Trinajstić information content (AvgIpc) is 3.44. The number of pyridine rings is 1. The van der Waals surface area contributed by atoms with Crippen molar-refractivity contribution >= 4 is 17.7 Å². The zero-order valence-electron chi connectivity index (χ0n) is 18.4. The first-order chi connectivity index (χ1) is 16.3. The third-order valence-corrected chi connectivity index (χ3v) is 5.81. The number of anilines is 1. The van der Waals surface area contributed by atoms with Crippen LogP contribution in [-0.4, -0.2) is 36.7 Å². The Balaban J connectivity index is 1.48. The number of benzene rings is 2. The van der Waals surface area contributed by atoms with Crippen LogP contribution in [0.3, 0.4) is 0 Å². The van der Waals surface area contributed by atoms with Gasteiger partial charge in [0.1, 0.15) is 23.7 Å². The van der Waals surface area contributed by atoms with Crippen LogP contribution in [-0.2, 0) is 6.54 Å². The summed E-state index contributed by atoms with van der Waals surface area (Å²) in [5, 5.41) is 17.4. The van der Waals surface area contributed by atoms with Gasteiger partial charge in [-0.05, 0) is 60.9 Å². The molecule has 0 saturated carbocycles. The normalized spacial score (nSPS) is 12.9. The van der Waals surface area contributed by atoms with Gasteiger partial charge in [-0.1, -0.05) is 24.3 Å². The summed E-state index contributed by atoms with van der Waals surface area (Å²) in [5.41, 5.74) is 2.66. The summed E-state index contributed by atoms with van der Waals surface area (Å²) < 4.78 is 15.7. The van der Waals surface area contributed by atoms with Crippen LogP contribution in [0.1, 0.15) is 46.2 Å². The maximum absolute atomic E-state index is 13.8. The summed E-state index contributed by atoms with van der Waals surface area (Å²) in [6.07, 6.45) is 1.65. The Kier molecular flexibility index (Phi) is 5.16. The number of aromatic carboxylic acids is 1. The second-order valence-corrected chi connectivity index (χ2v) is 8.30. The van der Waals surface area contributed by atoms with Crippen molar-refractivity contribution in [2.75, 3.05) is 4.90 Å². The second-order valence-electron chi connectivity index (χ2n) is 8.30. The standard InChI is InChI=1S/C25H20FN5O3/c1-14(2)31-13-27-29-23(31)21-4-3-5-22(28-21)30-12-17-7-6-15(10-18(17)24(30)32)16-8-9-20(26)19(11-16)25(33)34/h3-11,13-14H,12H2,1-2H3,(H,33,34). The first kappa shape index (κ1) is 21.4. The molecule has 0 bridgehead atoms. The minimum Gasteiger partial charge on any atom is -0.478 e. The van der Waals surface area contributed by atoms with Crippen LogP contribution in [0, 0.1) is 5.82 Å². The molecule has 0 atom stereocenters. The molecule has 4 aromatic rings. The number of aromatic nitrogens is 4. The van der Waals surface area contributed by atoms with Crippen molar-refractivity contribution in [3.63, 3.8) is 0 Å². The predicted octanol–water partition coefficient (Wildman–Crippen LogP) is 4.59. The Morgan fingerprint density at radius 3 is 2.62 bits per heavy atom. The molecule has 0 aliphatic carbocycles. The molecule has 1 N–H and O–H groups in total. The quantitative estimate of drug-likeness (QED) is 0.471. The van der Waals surface area contributed by atoms with Gasteiger partial charge in [0.05, 0.1) is 12.1 Å². The number of amides is 1. The Bertz CT molecular complexity index is 1450. The summed E-state index contributed by atoms with van der Waals surface area (Å²) in [7, 11) is 0. The Morgan fingerprint density at radius 2 is 1.85 bits per heavy atom. The van der Waals surface area contributed by atoms with E-state index in [-0.39, 0.29) is 11.9 Å². The molecule has 3 heterocycles. The number of carboxylic acid groups (broad SMARTS) is 1. The van der Waals surface area contributed by atoms with Gasteiger partial charge in [0, 0.05) is 11.6 Å². The molecular formula is C25H20FN5O3. The number of halogens is 1. The number of fused-ring (bicyclic) bond motifs is 1. The van der Waals surface area contributed by atoms with Gasteiger partial charge >= 0.3 is 5.97 Å². The topological polar surface area (TPSA) is 101 Å². The van der Waals surface area contributed by atoms with Crippen molar-refractivity contribution in [1.29, 1.82) is 0 Å². The fraction of sp³-hybridized carbons (Fsp3) is 0.160. The van der Waals surface area contributed by atoms with Crippen LogP contribution in [0.4, 0.5) is 10.2 Å².